The lowest BCUT2D eigenvalue weighted by Gasteiger charge is -2.35. The molecule has 28 heavy (non-hydrogen) atoms. The third kappa shape index (κ3) is 4.48. The molecule has 7 heteroatoms. The molecular weight excluding hydrogens is 354 g/mol. The molecule has 1 aromatic carbocycles. The van der Waals surface area contributed by atoms with Crippen LogP contribution in [0, 0.1) is 0 Å². The molecule has 3 rings (SSSR count). The summed E-state index contributed by atoms with van der Waals surface area (Å²) < 4.78 is 0. The smallest absolute Gasteiger partial charge is 0.256 e. The Balaban J connectivity index is 1.65. The highest BCUT2D eigenvalue weighted by Crippen LogP contribution is 2.30. The lowest BCUT2D eigenvalue weighted by atomic mass is 10.1. The van der Waals surface area contributed by atoms with Gasteiger partial charge in [0.1, 0.15) is 12.0 Å². The van der Waals surface area contributed by atoms with Crippen molar-refractivity contribution < 1.29 is 9.59 Å². The largest absolute Gasteiger partial charge is 0.335 e. The number of aromatic nitrogens is 1. The van der Waals surface area contributed by atoms with Gasteiger partial charge in [0.05, 0.1) is 12.1 Å². The highest BCUT2D eigenvalue weighted by molar-refractivity contribution is 6.01. The van der Waals surface area contributed by atoms with Crippen molar-refractivity contribution in [3.63, 3.8) is 0 Å². The molecular formula is C21H27N5O2. The molecule has 148 valence electrons. The lowest BCUT2D eigenvalue weighted by Crippen LogP contribution is -2.45. The molecule has 7 nitrogen and oxygen atoms in total. The molecule has 0 spiro atoms. The minimum absolute atomic E-state index is 0.0347. The number of hydrogen-bond donors (Lipinski definition) is 2. The Morgan fingerprint density at radius 2 is 2.04 bits per heavy atom. The van der Waals surface area contributed by atoms with Crippen LogP contribution in [-0.4, -0.2) is 48.9 Å². The van der Waals surface area contributed by atoms with E-state index in [0.717, 1.165) is 30.6 Å². The van der Waals surface area contributed by atoms with Crippen molar-refractivity contribution >= 4 is 23.3 Å². The first-order valence-corrected chi connectivity index (χ1v) is 9.56. The van der Waals surface area contributed by atoms with E-state index in [1.54, 1.807) is 18.3 Å². The van der Waals surface area contributed by atoms with E-state index in [1.807, 2.05) is 48.2 Å². The number of anilines is 2. The number of likely N-dealkylation sites (N-methyl/N-ethyl adjacent to an activating group) is 1. The van der Waals surface area contributed by atoms with Crippen molar-refractivity contribution in [1.82, 2.24) is 15.2 Å². The zero-order valence-corrected chi connectivity index (χ0v) is 16.6. The Morgan fingerprint density at radius 3 is 2.75 bits per heavy atom. The van der Waals surface area contributed by atoms with Gasteiger partial charge in [-0.3, -0.25) is 14.5 Å². The first-order chi connectivity index (χ1) is 13.5. The normalized spacial score (nSPS) is 15.9. The monoisotopic (exact) mass is 381 g/mol. The second-order valence-electron chi connectivity index (χ2n) is 7.12. The quantitative estimate of drug-likeness (QED) is 0.771. The van der Waals surface area contributed by atoms with Gasteiger partial charge in [-0.2, -0.15) is 0 Å². The van der Waals surface area contributed by atoms with E-state index in [0.29, 0.717) is 17.9 Å². The predicted octanol–water partition coefficient (Wildman–Crippen LogP) is 2.63. The zero-order chi connectivity index (χ0) is 20.1. The fraction of sp³-hybridized carbons (Fsp3) is 0.381. The molecule has 2 amide bonds. The minimum Gasteiger partial charge on any atom is -0.335 e. The van der Waals surface area contributed by atoms with E-state index in [9.17, 15) is 9.59 Å². The Hall–Kier alpha value is -2.93. The summed E-state index contributed by atoms with van der Waals surface area (Å²) >= 11 is 0. The fourth-order valence-electron chi connectivity index (χ4n) is 3.28. The van der Waals surface area contributed by atoms with Gasteiger partial charge in [0, 0.05) is 18.9 Å². The number of carbonyl (C=O) groups excluding carboxylic acids is 2. The molecule has 1 atom stereocenters. The summed E-state index contributed by atoms with van der Waals surface area (Å²) in [5, 5.41) is 5.92. The number of pyridine rings is 1. The van der Waals surface area contributed by atoms with Crippen LogP contribution >= 0.6 is 0 Å². The standard InChI is InChI=1S/C21H27N5O2/c1-4-5-13-25(2)14-18(27)23-16-10-8-15(9-11-16)19-24-21(28)17-7-6-12-22-20(17)26(19)3/h6-12,19H,4-5,13-14H2,1-3H3,(H,23,27)(H,24,28)/t19-/m0/s1. The van der Waals surface area contributed by atoms with Crippen molar-refractivity contribution in [3.05, 3.63) is 53.7 Å². The number of hydrogen-bond acceptors (Lipinski definition) is 5. The van der Waals surface area contributed by atoms with E-state index < -0.39 is 0 Å². The molecule has 2 aromatic rings. The number of amides is 2. The maximum Gasteiger partial charge on any atom is 0.256 e. The molecule has 0 unspecified atom stereocenters. The van der Waals surface area contributed by atoms with E-state index in [2.05, 4.69) is 22.5 Å². The molecule has 0 fully saturated rings. The minimum atomic E-state index is -0.306. The number of nitrogens with one attached hydrogen (secondary N) is 2. The van der Waals surface area contributed by atoms with Crippen LogP contribution in [-0.2, 0) is 4.79 Å². The summed E-state index contributed by atoms with van der Waals surface area (Å²) in [4.78, 5) is 32.8. The van der Waals surface area contributed by atoms with Gasteiger partial charge < -0.3 is 15.5 Å². The summed E-state index contributed by atoms with van der Waals surface area (Å²) in [6, 6.07) is 11.0. The number of nitrogens with zero attached hydrogens (tertiary/aromatic N) is 3. The third-order valence-electron chi connectivity index (χ3n) is 4.84. The average molecular weight is 381 g/mol. The van der Waals surface area contributed by atoms with Gasteiger partial charge in [-0.05, 0) is 49.8 Å². The van der Waals surface area contributed by atoms with E-state index in [1.165, 1.54) is 0 Å². The van der Waals surface area contributed by atoms with Gasteiger partial charge in [0.25, 0.3) is 5.91 Å². The van der Waals surface area contributed by atoms with Crippen molar-refractivity contribution in [2.45, 2.75) is 25.9 Å². The SMILES string of the molecule is CCCCN(C)CC(=O)Nc1ccc([C@H]2NC(=O)c3cccnc3N2C)cc1. The first-order valence-electron chi connectivity index (χ1n) is 9.56. The second kappa shape index (κ2) is 8.84. The number of unbranched alkanes of at least 4 members (excludes halogenated alkanes) is 1. The molecule has 2 heterocycles. The topological polar surface area (TPSA) is 77.6 Å². The molecule has 1 aliphatic heterocycles. The second-order valence-corrected chi connectivity index (χ2v) is 7.12. The highest BCUT2D eigenvalue weighted by Gasteiger charge is 2.30. The van der Waals surface area contributed by atoms with Crippen LogP contribution < -0.4 is 15.5 Å². The van der Waals surface area contributed by atoms with Crippen LogP contribution in [0.4, 0.5) is 11.5 Å². The molecule has 1 aromatic heterocycles. The fourth-order valence-corrected chi connectivity index (χ4v) is 3.28. The summed E-state index contributed by atoms with van der Waals surface area (Å²) in [7, 11) is 3.85. The Kier molecular flexibility index (Phi) is 6.26. The molecule has 0 saturated heterocycles. The van der Waals surface area contributed by atoms with Gasteiger partial charge >= 0.3 is 0 Å². The lowest BCUT2D eigenvalue weighted by molar-refractivity contribution is -0.117. The van der Waals surface area contributed by atoms with Crippen molar-refractivity contribution in [2.75, 3.05) is 37.4 Å². The Labute approximate surface area is 165 Å². The molecule has 0 saturated carbocycles. The Bertz CT molecular complexity index is 837. The maximum atomic E-state index is 12.4. The number of benzene rings is 1. The van der Waals surface area contributed by atoms with Crippen LogP contribution in [0.2, 0.25) is 0 Å². The molecule has 0 aliphatic carbocycles. The van der Waals surface area contributed by atoms with Crippen molar-refractivity contribution in [2.24, 2.45) is 0 Å². The Morgan fingerprint density at radius 1 is 1.29 bits per heavy atom. The van der Waals surface area contributed by atoms with Gasteiger partial charge in [-0.15, -0.1) is 0 Å². The molecule has 1 aliphatic rings. The van der Waals surface area contributed by atoms with E-state index in [-0.39, 0.29) is 18.0 Å². The van der Waals surface area contributed by atoms with Gasteiger partial charge in [0.2, 0.25) is 5.91 Å². The third-order valence-corrected chi connectivity index (χ3v) is 4.84. The number of carbonyl (C=O) groups is 2. The van der Waals surface area contributed by atoms with E-state index >= 15 is 0 Å². The van der Waals surface area contributed by atoms with Crippen molar-refractivity contribution in [3.8, 4) is 0 Å². The number of fused-ring (bicyclic) bond motifs is 1. The predicted molar refractivity (Wildman–Crippen MR) is 110 cm³/mol. The van der Waals surface area contributed by atoms with Gasteiger partial charge in [-0.1, -0.05) is 25.5 Å². The van der Waals surface area contributed by atoms with Crippen LogP contribution in [0.5, 0.6) is 0 Å². The molecule has 2 N–H and O–H groups in total. The summed E-state index contributed by atoms with van der Waals surface area (Å²) in [6.45, 7) is 3.41. The van der Waals surface area contributed by atoms with Crippen LogP contribution in [0.25, 0.3) is 0 Å². The van der Waals surface area contributed by atoms with Crippen LogP contribution in [0.3, 0.4) is 0 Å². The first kappa shape index (κ1) is 19.8. The van der Waals surface area contributed by atoms with Gasteiger partial charge in [-0.25, -0.2) is 4.98 Å². The molecule has 0 radical (unpaired) electrons. The maximum absolute atomic E-state index is 12.4. The average Bonchev–Trinajstić information content (AvgIpc) is 2.70. The number of rotatable bonds is 7. The summed E-state index contributed by atoms with van der Waals surface area (Å²) in [6.07, 6.45) is 3.57. The zero-order valence-electron chi connectivity index (χ0n) is 16.6. The molecule has 0 bridgehead atoms. The van der Waals surface area contributed by atoms with Crippen molar-refractivity contribution in [1.29, 1.82) is 0 Å². The highest BCUT2D eigenvalue weighted by atomic mass is 16.2. The van der Waals surface area contributed by atoms with Gasteiger partial charge in [0.15, 0.2) is 0 Å². The summed E-state index contributed by atoms with van der Waals surface area (Å²) in [5.74, 6) is 0.481. The summed E-state index contributed by atoms with van der Waals surface area (Å²) in [5.41, 5.74) is 2.23. The van der Waals surface area contributed by atoms with Crippen LogP contribution in [0.1, 0.15) is 41.9 Å². The van der Waals surface area contributed by atoms with E-state index in [4.69, 9.17) is 0 Å². The van der Waals surface area contributed by atoms with Crippen LogP contribution in [0.15, 0.2) is 42.6 Å².